The van der Waals surface area contributed by atoms with Crippen molar-refractivity contribution in [2.45, 2.75) is 43.2 Å². The number of hydroxylamine groups is 1. The standard InChI is InChI=1S/C35H33N6O12P/c36-39-38-35(31(44)29(43)32(52-35)40-18-17-28(42)37-34(40)46)21-51-27-16-15-24-13-7-8-14-25(24)30(27)53-41(54(47,48)49)26(19-22-9-3-1-4-10-22)33(45)50-20-23-11-5-2-6-12-23/h1-18,26,29,31-32,43-44H,19-21H2,(H,37,42,46)(H2,47,48,49)/t26-,29+,31-,32+,35+/m0/s1. The molecule has 0 unspecified atom stereocenters. The second kappa shape index (κ2) is 16.1. The molecule has 5 aromatic rings. The van der Waals surface area contributed by atoms with Crippen LogP contribution >= 0.6 is 7.75 Å². The number of aromatic amines is 1. The van der Waals surface area contributed by atoms with Gasteiger partial charge in [-0.05, 0) is 32.9 Å². The predicted molar refractivity (Wildman–Crippen MR) is 189 cm³/mol. The molecule has 280 valence electrons. The van der Waals surface area contributed by atoms with Gasteiger partial charge in [0.25, 0.3) is 5.56 Å². The van der Waals surface area contributed by atoms with E-state index < -0.39 is 61.8 Å². The van der Waals surface area contributed by atoms with Crippen LogP contribution in [0.1, 0.15) is 17.4 Å². The molecule has 6 rings (SSSR count). The third kappa shape index (κ3) is 8.21. The number of aliphatic hydroxyl groups excluding tert-OH is 2. The van der Waals surface area contributed by atoms with Crippen LogP contribution in [0.15, 0.2) is 124 Å². The molecule has 1 saturated heterocycles. The Morgan fingerprint density at radius 3 is 2.31 bits per heavy atom. The van der Waals surface area contributed by atoms with Gasteiger partial charge in [-0.25, -0.2) is 9.36 Å². The molecule has 1 aromatic heterocycles. The molecule has 1 aliphatic rings. The molecule has 1 fully saturated rings. The Morgan fingerprint density at radius 1 is 0.981 bits per heavy atom. The van der Waals surface area contributed by atoms with Gasteiger partial charge in [0.1, 0.15) is 25.4 Å². The minimum absolute atomic E-state index is 0.204. The van der Waals surface area contributed by atoms with Crippen LogP contribution in [0.25, 0.3) is 21.2 Å². The number of aliphatic hydroxyl groups is 2. The molecular weight excluding hydrogens is 727 g/mol. The van der Waals surface area contributed by atoms with Crippen LogP contribution in [0, 0.1) is 0 Å². The number of ether oxygens (including phenoxy) is 3. The number of nitrogens with one attached hydrogen (secondary N) is 1. The first-order valence-electron chi connectivity index (χ1n) is 16.2. The van der Waals surface area contributed by atoms with Gasteiger partial charge in [-0.3, -0.25) is 19.1 Å². The minimum Gasteiger partial charge on any atom is -0.486 e. The summed E-state index contributed by atoms with van der Waals surface area (Å²) in [5, 5.41) is 26.3. The first kappa shape index (κ1) is 37.9. The van der Waals surface area contributed by atoms with Crippen molar-refractivity contribution in [2.24, 2.45) is 5.11 Å². The molecule has 5 N–H and O–H groups in total. The van der Waals surface area contributed by atoms with Gasteiger partial charge >= 0.3 is 19.4 Å². The zero-order chi connectivity index (χ0) is 38.5. The number of H-pyrrole nitrogens is 1. The van der Waals surface area contributed by atoms with Crippen LogP contribution < -0.4 is 20.8 Å². The second-order valence-electron chi connectivity index (χ2n) is 12.1. The van der Waals surface area contributed by atoms with E-state index in [1.165, 1.54) is 6.07 Å². The van der Waals surface area contributed by atoms with Crippen molar-refractivity contribution < 1.29 is 48.4 Å². The van der Waals surface area contributed by atoms with Crippen molar-refractivity contribution in [3.8, 4) is 11.5 Å². The highest BCUT2D eigenvalue weighted by Gasteiger charge is 2.56. The van der Waals surface area contributed by atoms with Crippen LogP contribution in [0.4, 0.5) is 0 Å². The molecule has 1 aliphatic heterocycles. The third-order valence-corrected chi connectivity index (χ3v) is 9.37. The number of carbonyl (C=O) groups excluding carboxylic acids is 1. The Kier molecular flexibility index (Phi) is 11.3. The lowest BCUT2D eigenvalue weighted by Gasteiger charge is -2.31. The lowest BCUT2D eigenvalue weighted by Crippen LogP contribution is -2.46. The SMILES string of the molecule is [N-]=[N+]=N[C@]1(COc2ccc3ccccc3c2ON([C@@H](Cc2ccccc2)C(=O)OCc2ccccc2)P(=O)(O)O)O[C@@H](n2ccc(=O)[nH]c2=O)[C@H](O)[C@@H]1O. The molecular formula is C35H33N6O12P. The summed E-state index contributed by atoms with van der Waals surface area (Å²) in [6.07, 6.45) is -4.78. The van der Waals surface area contributed by atoms with Crippen molar-refractivity contribution in [3.05, 3.63) is 152 Å². The largest absolute Gasteiger partial charge is 0.486 e. The van der Waals surface area contributed by atoms with Crippen molar-refractivity contribution in [2.75, 3.05) is 6.61 Å². The number of esters is 1. The number of benzene rings is 4. The van der Waals surface area contributed by atoms with E-state index in [0.717, 1.165) is 16.8 Å². The maximum Gasteiger partial charge on any atom is 0.436 e. The summed E-state index contributed by atoms with van der Waals surface area (Å²) in [7, 11) is -5.48. The number of rotatable bonds is 14. The Bertz CT molecular complexity index is 2330. The molecule has 2 heterocycles. The second-order valence-corrected chi connectivity index (χ2v) is 13.5. The fourth-order valence-electron chi connectivity index (χ4n) is 5.84. The van der Waals surface area contributed by atoms with E-state index in [2.05, 4.69) is 10.0 Å². The molecule has 0 spiro atoms. The summed E-state index contributed by atoms with van der Waals surface area (Å²) < 4.78 is 31.3. The predicted octanol–water partition coefficient (Wildman–Crippen LogP) is 3.07. The van der Waals surface area contributed by atoms with E-state index in [0.29, 0.717) is 16.5 Å². The van der Waals surface area contributed by atoms with Gasteiger partial charge < -0.3 is 39.0 Å². The van der Waals surface area contributed by atoms with Gasteiger partial charge in [-0.2, -0.15) is 0 Å². The monoisotopic (exact) mass is 760 g/mol. The van der Waals surface area contributed by atoms with Crippen LogP contribution in [0.2, 0.25) is 0 Å². The van der Waals surface area contributed by atoms with Gasteiger partial charge in [-0.15, -0.1) is 0 Å². The topological polar surface area (TPSA) is 259 Å². The van der Waals surface area contributed by atoms with Crippen molar-refractivity contribution >= 4 is 24.5 Å². The van der Waals surface area contributed by atoms with E-state index in [4.69, 9.17) is 19.0 Å². The van der Waals surface area contributed by atoms with E-state index >= 15 is 0 Å². The zero-order valence-electron chi connectivity index (χ0n) is 28.1. The lowest BCUT2D eigenvalue weighted by atomic mass is 10.1. The summed E-state index contributed by atoms with van der Waals surface area (Å²) >= 11 is 0. The highest BCUT2D eigenvalue weighted by molar-refractivity contribution is 7.49. The fourth-order valence-corrected chi connectivity index (χ4v) is 6.57. The number of aromatic nitrogens is 2. The summed E-state index contributed by atoms with van der Waals surface area (Å²) in [5.41, 5.74) is 6.47. The van der Waals surface area contributed by atoms with Crippen LogP contribution in [0.3, 0.4) is 0 Å². The lowest BCUT2D eigenvalue weighted by molar-refractivity contribution is -0.158. The van der Waals surface area contributed by atoms with E-state index in [9.17, 15) is 44.5 Å². The summed E-state index contributed by atoms with van der Waals surface area (Å²) in [4.78, 5) is 70.3. The fraction of sp³-hybridized carbons (Fsp3) is 0.229. The first-order valence-corrected chi connectivity index (χ1v) is 17.8. The maximum absolute atomic E-state index is 13.7. The van der Waals surface area contributed by atoms with E-state index in [-0.39, 0.29) is 34.7 Å². The number of hydrogen-bond donors (Lipinski definition) is 5. The van der Waals surface area contributed by atoms with Crippen molar-refractivity contribution in [1.29, 1.82) is 0 Å². The number of carbonyl (C=O) groups is 1. The summed E-state index contributed by atoms with van der Waals surface area (Å²) in [5.74, 6) is -1.55. The van der Waals surface area contributed by atoms with Crippen LogP contribution in [-0.4, -0.2) is 70.9 Å². The van der Waals surface area contributed by atoms with Crippen LogP contribution in [0.5, 0.6) is 11.5 Å². The first-order chi connectivity index (χ1) is 25.9. The van der Waals surface area contributed by atoms with E-state index in [1.54, 1.807) is 91.0 Å². The average molecular weight is 761 g/mol. The zero-order valence-corrected chi connectivity index (χ0v) is 29.0. The molecule has 19 heteroatoms. The van der Waals surface area contributed by atoms with Gasteiger partial charge in [0.05, 0.1) is 0 Å². The molecule has 0 saturated carbocycles. The van der Waals surface area contributed by atoms with Gasteiger partial charge in [0.2, 0.25) is 5.72 Å². The Hall–Kier alpha value is -5.81. The molecule has 0 aliphatic carbocycles. The van der Waals surface area contributed by atoms with Crippen molar-refractivity contribution in [3.63, 3.8) is 0 Å². The molecule has 4 aromatic carbocycles. The molecule has 0 radical (unpaired) electrons. The summed E-state index contributed by atoms with van der Waals surface area (Å²) in [6.45, 7) is -1.05. The number of fused-ring (bicyclic) bond motifs is 1. The Labute approximate surface area is 305 Å². The molecule has 0 amide bonds. The molecule has 18 nitrogen and oxygen atoms in total. The number of azide groups is 1. The average Bonchev–Trinajstić information content (AvgIpc) is 3.40. The minimum atomic E-state index is -5.48. The quantitative estimate of drug-likeness (QED) is 0.0273. The third-order valence-electron chi connectivity index (χ3n) is 8.50. The number of hydrogen-bond acceptors (Lipinski definition) is 11. The highest BCUT2D eigenvalue weighted by atomic mass is 31.2. The normalized spacial score (nSPS) is 20.3. The maximum atomic E-state index is 13.7. The van der Waals surface area contributed by atoms with Gasteiger partial charge in [-0.1, -0.05) is 96.1 Å². The molecule has 0 bridgehead atoms. The number of nitrogens with zero attached hydrogens (tertiary/aromatic N) is 5. The Morgan fingerprint density at radius 2 is 1.65 bits per heavy atom. The molecule has 5 atom stereocenters. The highest BCUT2D eigenvalue weighted by Crippen LogP contribution is 2.47. The van der Waals surface area contributed by atoms with Gasteiger partial charge in [0, 0.05) is 29.0 Å². The smallest absolute Gasteiger partial charge is 0.436 e. The molecule has 54 heavy (non-hydrogen) atoms. The van der Waals surface area contributed by atoms with Gasteiger partial charge in [0.15, 0.2) is 23.8 Å². The summed E-state index contributed by atoms with van der Waals surface area (Å²) in [6, 6.07) is 25.9. The van der Waals surface area contributed by atoms with Crippen molar-refractivity contribution in [1.82, 2.24) is 14.4 Å². The van der Waals surface area contributed by atoms with E-state index in [1.807, 2.05) is 4.98 Å². The Balaban J connectivity index is 1.37. The van der Waals surface area contributed by atoms with Crippen LogP contribution in [-0.2, 0) is 31.9 Å².